The standard InChI is InChI=1S/C19H23N5O3/c1-2-26-19(25)23-10-7-14(8-11-23)21-18-22-16-6-3-9-20-17(16)24(18)13-15-5-4-12-27-15/h3-6,9,12,14H,2,7-8,10-11,13H2,1H3,(H,21,22). The van der Waals surface area contributed by atoms with Gasteiger partial charge in [-0.1, -0.05) is 0 Å². The van der Waals surface area contributed by atoms with Crippen LogP contribution in [0.15, 0.2) is 41.1 Å². The fourth-order valence-corrected chi connectivity index (χ4v) is 3.38. The van der Waals surface area contributed by atoms with Crippen molar-refractivity contribution in [2.24, 2.45) is 0 Å². The second-order valence-corrected chi connectivity index (χ2v) is 6.55. The van der Waals surface area contributed by atoms with Crippen molar-refractivity contribution >= 4 is 23.2 Å². The number of imidazole rings is 1. The van der Waals surface area contributed by atoms with Crippen LogP contribution in [-0.4, -0.2) is 51.3 Å². The molecular formula is C19H23N5O3. The summed E-state index contributed by atoms with van der Waals surface area (Å²) in [7, 11) is 0. The molecule has 1 saturated heterocycles. The molecule has 1 fully saturated rings. The molecule has 142 valence electrons. The number of aromatic nitrogens is 3. The molecule has 0 spiro atoms. The first kappa shape index (κ1) is 17.4. The van der Waals surface area contributed by atoms with Gasteiger partial charge in [-0.3, -0.25) is 4.57 Å². The van der Waals surface area contributed by atoms with E-state index >= 15 is 0 Å². The van der Waals surface area contributed by atoms with Crippen molar-refractivity contribution in [3.63, 3.8) is 0 Å². The molecule has 3 aromatic heterocycles. The third kappa shape index (κ3) is 3.74. The predicted molar refractivity (Wildman–Crippen MR) is 101 cm³/mol. The maximum Gasteiger partial charge on any atom is 0.409 e. The highest BCUT2D eigenvalue weighted by molar-refractivity contribution is 5.74. The molecule has 1 aliphatic rings. The summed E-state index contributed by atoms with van der Waals surface area (Å²) in [6, 6.07) is 7.89. The van der Waals surface area contributed by atoms with Gasteiger partial charge in [-0.05, 0) is 44.0 Å². The second kappa shape index (κ2) is 7.69. The highest BCUT2D eigenvalue weighted by Crippen LogP contribution is 2.22. The van der Waals surface area contributed by atoms with Crippen molar-refractivity contribution in [2.75, 3.05) is 25.0 Å². The first-order valence-electron chi connectivity index (χ1n) is 9.26. The maximum atomic E-state index is 11.9. The molecule has 1 N–H and O–H groups in total. The SMILES string of the molecule is CCOC(=O)N1CCC(Nc2nc3cccnc3n2Cc2ccco2)CC1. The molecule has 0 bridgehead atoms. The molecule has 4 heterocycles. The highest BCUT2D eigenvalue weighted by Gasteiger charge is 2.25. The molecule has 0 unspecified atom stereocenters. The van der Waals surface area contributed by atoms with Crippen molar-refractivity contribution in [2.45, 2.75) is 32.4 Å². The Balaban J connectivity index is 1.50. The maximum absolute atomic E-state index is 11.9. The van der Waals surface area contributed by atoms with Crippen molar-refractivity contribution < 1.29 is 13.9 Å². The van der Waals surface area contributed by atoms with Crippen molar-refractivity contribution in [3.05, 3.63) is 42.5 Å². The molecule has 0 aromatic carbocycles. The average molecular weight is 369 g/mol. The summed E-state index contributed by atoms with van der Waals surface area (Å²) >= 11 is 0. The lowest BCUT2D eigenvalue weighted by molar-refractivity contribution is 0.0983. The van der Waals surface area contributed by atoms with E-state index in [1.807, 2.05) is 35.8 Å². The first-order valence-corrected chi connectivity index (χ1v) is 9.26. The van der Waals surface area contributed by atoms with Gasteiger partial charge in [-0.15, -0.1) is 0 Å². The monoisotopic (exact) mass is 369 g/mol. The fraction of sp³-hybridized carbons (Fsp3) is 0.421. The van der Waals surface area contributed by atoms with Crippen LogP contribution in [0.4, 0.5) is 10.7 Å². The zero-order valence-corrected chi connectivity index (χ0v) is 15.3. The van der Waals surface area contributed by atoms with E-state index in [-0.39, 0.29) is 12.1 Å². The van der Waals surface area contributed by atoms with Gasteiger partial charge in [0.25, 0.3) is 0 Å². The minimum absolute atomic E-state index is 0.231. The Kier molecular flexibility index (Phi) is 4.95. The molecule has 4 rings (SSSR count). The Morgan fingerprint density at radius 1 is 1.33 bits per heavy atom. The van der Waals surface area contributed by atoms with Crippen LogP contribution in [0.25, 0.3) is 11.2 Å². The number of nitrogens with one attached hydrogen (secondary N) is 1. The summed E-state index contributed by atoms with van der Waals surface area (Å²) in [5, 5.41) is 3.53. The zero-order chi connectivity index (χ0) is 18.6. The number of pyridine rings is 1. The fourth-order valence-electron chi connectivity index (χ4n) is 3.38. The second-order valence-electron chi connectivity index (χ2n) is 6.55. The first-order chi connectivity index (χ1) is 13.2. The van der Waals surface area contributed by atoms with E-state index < -0.39 is 0 Å². The zero-order valence-electron chi connectivity index (χ0n) is 15.3. The highest BCUT2D eigenvalue weighted by atomic mass is 16.6. The minimum Gasteiger partial charge on any atom is -0.467 e. The number of carbonyl (C=O) groups excluding carboxylic acids is 1. The van der Waals surface area contributed by atoms with Gasteiger partial charge in [0.05, 0.1) is 19.4 Å². The van der Waals surface area contributed by atoms with Gasteiger partial charge in [-0.25, -0.2) is 14.8 Å². The van der Waals surface area contributed by atoms with Crippen LogP contribution >= 0.6 is 0 Å². The number of piperidine rings is 1. The number of likely N-dealkylation sites (tertiary alicyclic amines) is 1. The van der Waals surface area contributed by atoms with Crippen LogP contribution in [0.3, 0.4) is 0 Å². The Labute approximate surface area is 157 Å². The summed E-state index contributed by atoms with van der Waals surface area (Å²) in [6.07, 6.45) is 4.89. The van der Waals surface area contributed by atoms with Crippen molar-refractivity contribution in [1.82, 2.24) is 19.4 Å². The van der Waals surface area contributed by atoms with Gasteiger partial charge in [0.15, 0.2) is 5.65 Å². The number of hydrogen-bond donors (Lipinski definition) is 1. The number of nitrogens with zero attached hydrogens (tertiary/aromatic N) is 4. The van der Waals surface area contributed by atoms with E-state index in [2.05, 4.69) is 10.3 Å². The molecule has 0 aliphatic carbocycles. The Hall–Kier alpha value is -3.03. The number of ether oxygens (including phenoxy) is 1. The molecule has 0 saturated carbocycles. The van der Waals surface area contributed by atoms with Gasteiger partial charge in [-0.2, -0.15) is 0 Å². The van der Waals surface area contributed by atoms with Gasteiger partial charge >= 0.3 is 6.09 Å². The van der Waals surface area contributed by atoms with Crippen molar-refractivity contribution in [3.8, 4) is 0 Å². The summed E-state index contributed by atoms with van der Waals surface area (Å²) < 4.78 is 12.6. The lowest BCUT2D eigenvalue weighted by Crippen LogP contribution is -2.42. The number of hydrogen-bond acceptors (Lipinski definition) is 6. The van der Waals surface area contributed by atoms with Crippen LogP contribution < -0.4 is 5.32 Å². The summed E-state index contributed by atoms with van der Waals surface area (Å²) in [5.74, 6) is 1.62. The van der Waals surface area contributed by atoms with E-state index in [4.69, 9.17) is 14.1 Å². The van der Waals surface area contributed by atoms with E-state index in [0.29, 0.717) is 26.2 Å². The summed E-state index contributed by atoms with van der Waals surface area (Å²) in [6.45, 7) is 4.13. The molecule has 1 aliphatic heterocycles. The molecule has 27 heavy (non-hydrogen) atoms. The quantitative estimate of drug-likeness (QED) is 0.744. The normalized spacial score (nSPS) is 15.2. The van der Waals surface area contributed by atoms with Crippen LogP contribution in [0.1, 0.15) is 25.5 Å². The van der Waals surface area contributed by atoms with Crippen molar-refractivity contribution in [1.29, 1.82) is 0 Å². The van der Waals surface area contributed by atoms with E-state index in [0.717, 1.165) is 35.7 Å². The molecular weight excluding hydrogens is 346 g/mol. The molecule has 8 nitrogen and oxygen atoms in total. The smallest absolute Gasteiger partial charge is 0.409 e. The molecule has 0 atom stereocenters. The van der Waals surface area contributed by atoms with Crippen LogP contribution in [0, 0.1) is 0 Å². The largest absolute Gasteiger partial charge is 0.467 e. The van der Waals surface area contributed by atoms with Crippen LogP contribution in [-0.2, 0) is 11.3 Å². The number of furan rings is 1. The lowest BCUT2D eigenvalue weighted by Gasteiger charge is -2.31. The number of carbonyl (C=O) groups is 1. The van der Waals surface area contributed by atoms with E-state index in [1.165, 1.54) is 0 Å². The number of anilines is 1. The summed E-state index contributed by atoms with van der Waals surface area (Å²) in [5.41, 5.74) is 1.66. The molecule has 3 aromatic rings. The van der Waals surface area contributed by atoms with Crippen LogP contribution in [0.2, 0.25) is 0 Å². The lowest BCUT2D eigenvalue weighted by atomic mass is 10.1. The number of fused-ring (bicyclic) bond motifs is 1. The molecule has 8 heteroatoms. The van der Waals surface area contributed by atoms with Gasteiger partial charge in [0.1, 0.15) is 11.3 Å². The molecule has 1 amide bonds. The Bertz CT molecular complexity index is 897. The Morgan fingerprint density at radius 3 is 2.93 bits per heavy atom. The Morgan fingerprint density at radius 2 is 2.19 bits per heavy atom. The molecule has 0 radical (unpaired) electrons. The van der Waals surface area contributed by atoms with Gasteiger partial charge in [0, 0.05) is 25.3 Å². The van der Waals surface area contributed by atoms with E-state index in [1.54, 1.807) is 17.4 Å². The topological polar surface area (TPSA) is 85.4 Å². The number of amides is 1. The third-order valence-electron chi connectivity index (χ3n) is 4.75. The predicted octanol–water partition coefficient (Wildman–Crippen LogP) is 3.11. The number of rotatable bonds is 5. The summed E-state index contributed by atoms with van der Waals surface area (Å²) in [4.78, 5) is 22.8. The third-order valence-corrected chi connectivity index (χ3v) is 4.75. The minimum atomic E-state index is -0.231. The van der Waals surface area contributed by atoms with E-state index in [9.17, 15) is 4.79 Å². The van der Waals surface area contributed by atoms with Gasteiger partial charge in [0.2, 0.25) is 5.95 Å². The van der Waals surface area contributed by atoms with Gasteiger partial charge < -0.3 is 19.4 Å². The van der Waals surface area contributed by atoms with Crippen LogP contribution in [0.5, 0.6) is 0 Å². The average Bonchev–Trinajstić information content (AvgIpc) is 3.31.